The lowest BCUT2D eigenvalue weighted by Gasteiger charge is -2.12. The van der Waals surface area contributed by atoms with E-state index in [1.807, 2.05) is 79.2 Å². The van der Waals surface area contributed by atoms with Gasteiger partial charge in [0.2, 0.25) is 11.7 Å². The van der Waals surface area contributed by atoms with Crippen molar-refractivity contribution in [3.05, 3.63) is 125 Å². The Morgan fingerprint density at radius 1 is 0.923 bits per heavy atom. The van der Waals surface area contributed by atoms with Crippen LogP contribution in [0.5, 0.6) is 11.6 Å². The Morgan fingerprint density at radius 2 is 1.77 bits per heavy atom. The number of hydrogen-bond acceptors (Lipinski definition) is 7. The summed E-state index contributed by atoms with van der Waals surface area (Å²) in [6.07, 6.45) is 3.15. The van der Waals surface area contributed by atoms with Crippen molar-refractivity contribution in [1.29, 1.82) is 0 Å². The molecule has 8 nitrogen and oxygen atoms in total. The predicted molar refractivity (Wildman–Crippen MR) is 151 cm³/mol. The third-order valence-electron chi connectivity index (χ3n) is 6.30. The number of fused-ring (bicyclic) bond motifs is 1. The van der Waals surface area contributed by atoms with Crippen LogP contribution in [0.3, 0.4) is 0 Å². The number of phenols is 1. The highest BCUT2D eigenvalue weighted by molar-refractivity contribution is 6.18. The Kier molecular flexibility index (Phi) is 6.34. The lowest BCUT2D eigenvalue weighted by atomic mass is 10.1. The first-order valence-electron chi connectivity index (χ1n) is 12.5. The Hall–Kier alpha value is -5.24. The van der Waals surface area contributed by atoms with Gasteiger partial charge in [0, 0.05) is 17.0 Å². The van der Waals surface area contributed by atoms with Gasteiger partial charge < -0.3 is 14.7 Å². The molecule has 0 fully saturated rings. The van der Waals surface area contributed by atoms with E-state index in [1.165, 1.54) is 6.26 Å². The van der Waals surface area contributed by atoms with Gasteiger partial charge in [-0.15, -0.1) is 0 Å². The van der Waals surface area contributed by atoms with Crippen molar-refractivity contribution in [2.75, 3.05) is 0 Å². The fourth-order valence-corrected chi connectivity index (χ4v) is 4.42. The van der Waals surface area contributed by atoms with Gasteiger partial charge in [-0.3, -0.25) is 0 Å². The van der Waals surface area contributed by atoms with Crippen LogP contribution < -0.4 is 4.74 Å². The third kappa shape index (κ3) is 5.00. The molecule has 1 N–H and O–H groups in total. The fraction of sp³-hybridized carbons (Fsp3) is 0.0968. The zero-order chi connectivity index (χ0) is 26.8. The number of aromatic nitrogens is 3. The van der Waals surface area contributed by atoms with Gasteiger partial charge >= 0.3 is 0 Å². The second kappa shape index (κ2) is 10.3. The Bertz CT molecular complexity index is 1770. The monoisotopic (exact) mass is 515 g/mol. The summed E-state index contributed by atoms with van der Waals surface area (Å²) in [6.45, 7) is 4.29. The molecule has 39 heavy (non-hydrogen) atoms. The molecule has 0 saturated heterocycles. The summed E-state index contributed by atoms with van der Waals surface area (Å²) < 4.78 is 8.13. The molecule has 192 valence electrons. The molecule has 0 amide bonds. The smallest absolute Gasteiger partial charge is 0.227 e. The third-order valence-corrected chi connectivity index (χ3v) is 6.30. The number of allylic oxidation sites excluding steroid dienone is 1. The molecule has 2 aromatic heterocycles. The molecule has 0 aliphatic carbocycles. The van der Waals surface area contributed by atoms with Crippen LogP contribution in [0.15, 0.2) is 107 Å². The molecule has 5 aromatic rings. The molecule has 1 aliphatic heterocycles. The molecule has 3 aromatic carbocycles. The standard InChI is InChI=1S/C31H25N5O3/c1-20-8-6-9-22(16-20)19-38-31-27(29-32-28(14-15-39-35-29)23-10-7-13-25(37)17-23)18-26-21(2)34-36(30(26)33-31)24-11-4-3-5-12-24/h3-18,37H,19H2,1-2H3. The van der Waals surface area contributed by atoms with E-state index in [2.05, 4.69) is 11.2 Å². The number of aliphatic imine (C=N–C) groups is 1. The molecule has 0 saturated carbocycles. The van der Waals surface area contributed by atoms with Gasteiger partial charge in [0.05, 0.1) is 22.7 Å². The van der Waals surface area contributed by atoms with E-state index in [-0.39, 0.29) is 5.75 Å². The number of rotatable bonds is 6. The minimum atomic E-state index is 0.140. The maximum atomic E-state index is 10.0. The number of hydrogen-bond donors (Lipinski definition) is 1. The summed E-state index contributed by atoms with van der Waals surface area (Å²) in [6, 6.07) is 26.8. The molecule has 0 bridgehead atoms. The topological polar surface area (TPSA) is 94.1 Å². The average molecular weight is 516 g/mol. The average Bonchev–Trinajstić information content (AvgIpc) is 3.10. The number of pyridine rings is 1. The molecule has 3 heterocycles. The van der Waals surface area contributed by atoms with E-state index in [0.29, 0.717) is 40.8 Å². The van der Waals surface area contributed by atoms with Crippen molar-refractivity contribution in [3.8, 4) is 17.3 Å². The highest BCUT2D eigenvalue weighted by atomic mass is 16.6. The Morgan fingerprint density at radius 3 is 2.59 bits per heavy atom. The number of benzene rings is 3. The van der Waals surface area contributed by atoms with Crippen molar-refractivity contribution in [1.82, 2.24) is 14.8 Å². The first-order valence-corrected chi connectivity index (χ1v) is 12.5. The number of para-hydroxylation sites is 1. The molecular weight excluding hydrogens is 490 g/mol. The van der Waals surface area contributed by atoms with Crippen molar-refractivity contribution in [3.63, 3.8) is 0 Å². The second-order valence-corrected chi connectivity index (χ2v) is 9.19. The van der Waals surface area contributed by atoms with Gasteiger partial charge in [0.1, 0.15) is 18.6 Å². The molecular formula is C31H25N5O3. The van der Waals surface area contributed by atoms with Gasteiger partial charge in [-0.2, -0.15) is 10.1 Å². The van der Waals surface area contributed by atoms with Crippen LogP contribution in [0.2, 0.25) is 0 Å². The first kappa shape index (κ1) is 24.1. The summed E-state index contributed by atoms with van der Waals surface area (Å²) in [7, 11) is 0. The number of ether oxygens (including phenoxy) is 1. The number of aromatic hydroxyl groups is 1. The highest BCUT2D eigenvalue weighted by Gasteiger charge is 2.21. The van der Waals surface area contributed by atoms with Crippen molar-refractivity contribution in [2.24, 2.45) is 10.1 Å². The number of amidine groups is 1. The van der Waals surface area contributed by atoms with Crippen LogP contribution >= 0.6 is 0 Å². The minimum absolute atomic E-state index is 0.140. The largest absolute Gasteiger partial charge is 0.508 e. The summed E-state index contributed by atoms with van der Waals surface area (Å²) in [5.41, 5.74) is 6.37. The van der Waals surface area contributed by atoms with Crippen LogP contribution in [-0.2, 0) is 11.4 Å². The maximum absolute atomic E-state index is 10.0. The van der Waals surface area contributed by atoms with E-state index >= 15 is 0 Å². The second-order valence-electron chi connectivity index (χ2n) is 9.19. The van der Waals surface area contributed by atoms with E-state index in [4.69, 9.17) is 24.6 Å². The van der Waals surface area contributed by atoms with Crippen LogP contribution in [0.25, 0.3) is 16.7 Å². The van der Waals surface area contributed by atoms with Crippen molar-refractivity contribution >= 4 is 22.6 Å². The van der Waals surface area contributed by atoms with E-state index in [9.17, 15) is 5.11 Å². The van der Waals surface area contributed by atoms with Crippen molar-refractivity contribution in [2.45, 2.75) is 20.5 Å². The zero-order valence-electron chi connectivity index (χ0n) is 21.4. The van der Waals surface area contributed by atoms with Crippen LogP contribution in [0.1, 0.15) is 27.9 Å². The molecule has 0 atom stereocenters. The SMILES string of the molecule is Cc1cccc(COc2nc3c(cc2C2=NOC=CC(c4cccc(O)c4)=N2)c(C)nn3-c2ccccc2)c1. The van der Waals surface area contributed by atoms with Gasteiger partial charge in [-0.05, 0) is 49.7 Å². The zero-order valence-corrected chi connectivity index (χ0v) is 21.4. The maximum Gasteiger partial charge on any atom is 0.227 e. The Labute approximate surface area is 225 Å². The molecule has 0 radical (unpaired) electrons. The molecule has 1 aliphatic rings. The van der Waals surface area contributed by atoms with Gasteiger partial charge in [-0.1, -0.05) is 65.3 Å². The normalized spacial score (nSPS) is 13.0. The van der Waals surface area contributed by atoms with E-state index in [1.54, 1.807) is 24.3 Å². The quantitative estimate of drug-likeness (QED) is 0.299. The summed E-state index contributed by atoms with van der Waals surface area (Å²) in [5.74, 6) is 0.782. The summed E-state index contributed by atoms with van der Waals surface area (Å²) in [5, 5.41) is 19.9. The molecule has 0 spiro atoms. The number of oxime groups is 1. The van der Waals surface area contributed by atoms with Crippen LogP contribution in [-0.4, -0.2) is 31.4 Å². The number of phenolic OH excluding ortho intramolecular Hbond substituents is 1. The number of nitrogens with zero attached hydrogens (tertiary/aromatic N) is 5. The van der Waals surface area contributed by atoms with Gasteiger partial charge in [0.15, 0.2) is 5.65 Å². The molecule has 6 rings (SSSR count). The predicted octanol–water partition coefficient (Wildman–Crippen LogP) is 6.02. The minimum Gasteiger partial charge on any atom is -0.508 e. The highest BCUT2D eigenvalue weighted by Crippen LogP contribution is 2.29. The lowest BCUT2D eigenvalue weighted by Crippen LogP contribution is -2.09. The lowest BCUT2D eigenvalue weighted by molar-refractivity contribution is 0.268. The molecule has 8 heteroatoms. The fourth-order valence-electron chi connectivity index (χ4n) is 4.42. The van der Waals surface area contributed by atoms with Gasteiger partial charge in [-0.25, -0.2) is 9.67 Å². The van der Waals surface area contributed by atoms with E-state index in [0.717, 1.165) is 27.9 Å². The van der Waals surface area contributed by atoms with Crippen LogP contribution in [0, 0.1) is 13.8 Å². The van der Waals surface area contributed by atoms with Gasteiger partial charge in [0.25, 0.3) is 0 Å². The molecule has 0 unspecified atom stereocenters. The Balaban J connectivity index is 1.49. The summed E-state index contributed by atoms with van der Waals surface area (Å²) in [4.78, 5) is 15.1. The van der Waals surface area contributed by atoms with Crippen molar-refractivity contribution < 1.29 is 14.7 Å². The van der Waals surface area contributed by atoms with E-state index < -0.39 is 0 Å². The number of aryl methyl sites for hydroxylation is 2. The summed E-state index contributed by atoms with van der Waals surface area (Å²) >= 11 is 0. The van der Waals surface area contributed by atoms with Crippen LogP contribution in [0.4, 0.5) is 0 Å². The first-order chi connectivity index (χ1) is 19.0.